The van der Waals surface area contributed by atoms with Crippen molar-refractivity contribution in [2.75, 3.05) is 19.8 Å². The van der Waals surface area contributed by atoms with Crippen LogP contribution in [0.4, 0.5) is 0 Å². The van der Waals surface area contributed by atoms with Crippen molar-refractivity contribution in [3.63, 3.8) is 0 Å². The third-order valence-electron chi connectivity index (χ3n) is 17.8. The Kier molecular flexibility index (Phi) is 9.90. The zero-order valence-corrected chi connectivity index (χ0v) is 33.6. The van der Waals surface area contributed by atoms with Crippen LogP contribution >= 0.6 is 0 Å². The van der Waals surface area contributed by atoms with E-state index < -0.39 is 96.8 Å². The maximum Gasteiger partial charge on any atom is 0.186 e. The monoisotopic (exact) mass is 784 g/mol. The standard InChI is InChI=1S/C41H68O14/c1-35(2)25(55-34-30(49)28(47)27(46)23(15-42)54-34)8-9-41-18-40(41)11-10-37(5)31(39(7)13-19(16-52-39)36(3,4)50)20(43)14-38(37,6)24(40)12-22(32(35)41)53-33-29(48)26(45)21(44)17-51-33/h19-34,42-50H,8-18H2,1-7H3/t19-,20+,21+,22-,23-,24+,25+,26+,27-,28+,29+,30+,31+,32-,33+,34-,37+,38+,39-,40+,41-/m1/s1. The van der Waals surface area contributed by atoms with Crippen molar-refractivity contribution in [3.05, 3.63) is 0 Å². The van der Waals surface area contributed by atoms with Gasteiger partial charge in [-0.15, -0.1) is 0 Å². The van der Waals surface area contributed by atoms with E-state index in [1.54, 1.807) is 0 Å². The average Bonchev–Trinajstić information content (AvgIpc) is 3.47. The summed E-state index contributed by atoms with van der Waals surface area (Å²) in [4.78, 5) is 0. The molecule has 8 rings (SSSR count). The Morgan fingerprint density at radius 2 is 1.40 bits per heavy atom. The average molecular weight is 785 g/mol. The van der Waals surface area contributed by atoms with Crippen LogP contribution in [0.2, 0.25) is 0 Å². The maximum atomic E-state index is 12.2. The molecule has 0 bridgehead atoms. The fourth-order valence-electron chi connectivity index (χ4n) is 14.9. The molecule has 8 aliphatic rings. The first-order valence-electron chi connectivity index (χ1n) is 20.8. The Bertz CT molecular complexity index is 1460. The van der Waals surface area contributed by atoms with Gasteiger partial charge in [-0.25, -0.2) is 0 Å². The van der Waals surface area contributed by atoms with Gasteiger partial charge in [0, 0.05) is 11.8 Å². The topological polar surface area (TPSA) is 228 Å². The molecule has 55 heavy (non-hydrogen) atoms. The lowest BCUT2D eigenvalue weighted by atomic mass is 9.41. The number of hydrogen-bond donors (Lipinski definition) is 9. The summed E-state index contributed by atoms with van der Waals surface area (Å²) in [6.45, 7) is 14.4. The van der Waals surface area contributed by atoms with E-state index in [1.807, 2.05) is 13.8 Å². The lowest BCUT2D eigenvalue weighted by Gasteiger charge is -2.65. The number of aliphatic hydroxyl groups is 9. The van der Waals surface area contributed by atoms with Crippen LogP contribution < -0.4 is 0 Å². The number of fused-ring (bicyclic) bond motifs is 2. The number of rotatable bonds is 7. The van der Waals surface area contributed by atoms with Gasteiger partial charge in [-0.05, 0) is 111 Å². The quantitative estimate of drug-likeness (QED) is 0.161. The van der Waals surface area contributed by atoms with E-state index in [0.717, 1.165) is 25.7 Å². The summed E-state index contributed by atoms with van der Waals surface area (Å²) in [5, 5.41) is 97.0. The minimum atomic E-state index is -1.57. The molecule has 3 aliphatic heterocycles. The number of ether oxygens (including phenoxy) is 5. The van der Waals surface area contributed by atoms with Crippen LogP contribution in [0, 0.1) is 50.7 Å². The second-order valence-corrected chi connectivity index (χ2v) is 21.1. The molecular formula is C41H68O14. The largest absolute Gasteiger partial charge is 0.394 e. The van der Waals surface area contributed by atoms with Crippen LogP contribution in [0.3, 0.4) is 0 Å². The first kappa shape index (κ1) is 41.2. The fourth-order valence-corrected chi connectivity index (χ4v) is 14.9. The zero-order chi connectivity index (χ0) is 40.1. The lowest BCUT2D eigenvalue weighted by Crippen LogP contribution is -2.65. The summed E-state index contributed by atoms with van der Waals surface area (Å²) in [6.07, 6.45) is -7.88. The molecule has 0 aromatic carbocycles. The van der Waals surface area contributed by atoms with Gasteiger partial charge in [-0.3, -0.25) is 0 Å². The summed E-state index contributed by atoms with van der Waals surface area (Å²) in [5.74, 6) is -0.211. The summed E-state index contributed by atoms with van der Waals surface area (Å²) in [6, 6.07) is 0. The summed E-state index contributed by atoms with van der Waals surface area (Å²) in [5.41, 5.74) is -3.00. The molecule has 0 aromatic heterocycles. The molecule has 14 nitrogen and oxygen atoms in total. The lowest BCUT2D eigenvalue weighted by molar-refractivity contribution is -0.338. The Balaban J connectivity index is 1.14. The Labute approximate surface area is 324 Å². The zero-order valence-electron chi connectivity index (χ0n) is 33.6. The molecule has 2 spiro atoms. The Hall–Kier alpha value is -0.560. The highest BCUT2D eigenvalue weighted by Gasteiger charge is 2.85. The maximum absolute atomic E-state index is 12.2. The van der Waals surface area contributed by atoms with E-state index >= 15 is 0 Å². The molecule has 0 radical (unpaired) electrons. The first-order valence-corrected chi connectivity index (χ1v) is 20.8. The minimum absolute atomic E-state index is 0.0478. The van der Waals surface area contributed by atoms with Crippen molar-refractivity contribution in [1.82, 2.24) is 0 Å². The van der Waals surface area contributed by atoms with Crippen molar-refractivity contribution < 1.29 is 69.6 Å². The molecule has 3 heterocycles. The molecule has 14 heteroatoms. The van der Waals surface area contributed by atoms with Gasteiger partial charge < -0.3 is 69.6 Å². The van der Waals surface area contributed by atoms with Gasteiger partial charge in [-0.2, -0.15) is 0 Å². The molecule has 0 unspecified atom stereocenters. The minimum Gasteiger partial charge on any atom is -0.394 e. The SMILES string of the molecule is CC(C)(O)[C@H]1CO[C@@](C)([C@H]2[C@@H](O)C[C@@]3(C)[C@@H]4C[C@@H](O[C@@H]5OC[C@H](O)[C@H](O)[C@@H]5O)[C@@H]5C(C)(C)[C@@H](O[C@H]6O[C@H](CO)[C@@H](O)[C@H](O)[C@@H]6O)CC[C@@]56C[C@@]46CC[C@@]23C)C1. The molecule has 0 aromatic rings. The Morgan fingerprint density at radius 1 is 0.709 bits per heavy atom. The third-order valence-corrected chi connectivity index (χ3v) is 17.8. The molecule has 316 valence electrons. The summed E-state index contributed by atoms with van der Waals surface area (Å²) >= 11 is 0. The highest BCUT2D eigenvalue weighted by atomic mass is 16.7. The molecular weight excluding hydrogens is 716 g/mol. The van der Waals surface area contributed by atoms with E-state index in [4.69, 9.17) is 23.7 Å². The Morgan fingerprint density at radius 3 is 2.05 bits per heavy atom. The van der Waals surface area contributed by atoms with Gasteiger partial charge >= 0.3 is 0 Å². The van der Waals surface area contributed by atoms with Crippen LogP contribution in [0.25, 0.3) is 0 Å². The van der Waals surface area contributed by atoms with Crippen LogP contribution in [-0.2, 0) is 23.7 Å². The van der Waals surface area contributed by atoms with Gasteiger partial charge in [0.25, 0.3) is 0 Å². The van der Waals surface area contributed by atoms with Crippen molar-refractivity contribution >= 4 is 0 Å². The van der Waals surface area contributed by atoms with E-state index in [0.29, 0.717) is 32.3 Å². The van der Waals surface area contributed by atoms with Crippen molar-refractivity contribution in [2.45, 2.75) is 185 Å². The summed E-state index contributed by atoms with van der Waals surface area (Å²) < 4.78 is 31.7. The number of hydrogen-bond acceptors (Lipinski definition) is 14. The van der Waals surface area contributed by atoms with Crippen LogP contribution in [0.1, 0.15) is 99.8 Å². The van der Waals surface area contributed by atoms with E-state index in [9.17, 15) is 46.0 Å². The van der Waals surface area contributed by atoms with Crippen molar-refractivity contribution in [3.8, 4) is 0 Å². The summed E-state index contributed by atoms with van der Waals surface area (Å²) in [7, 11) is 0. The molecule has 5 saturated carbocycles. The molecule has 3 saturated heterocycles. The smallest absolute Gasteiger partial charge is 0.186 e. The van der Waals surface area contributed by atoms with Gasteiger partial charge in [0.05, 0.1) is 49.3 Å². The third kappa shape index (κ3) is 5.70. The van der Waals surface area contributed by atoms with Gasteiger partial charge in [0.2, 0.25) is 0 Å². The molecule has 8 fully saturated rings. The van der Waals surface area contributed by atoms with Crippen LogP contribution in [0.15, 0.2) is 0 Å². The first-order chi connectivity index (χ1) is 25.5. The predicted octanol–water partition coefficient (Wildman–Crippen LogP) is 0.582. The van der Waals surface area contributed by atoms with E-state index in [2.05, 4.69) is 34.6 Å². The predicted molar refractivity (Wildman–Crippen MR) is 194 cm³/mol. The van der Waals surface area contributed by atoms with Gasteiger partial charge in [0.15, 0.2) is 12.6 Å². The molecule has 0 amide bonds. The van der Waals surface area contributed by atoms with Crippen molar-refractivity contribution in [1.29, 1.82) is 0 Å². The highest BCUT2D eigenvalue weighted by molar-refractivity contribution is 5.33. The van der Waals surface area contributed by atoms with Gasteiger partial charge in [0.1, 0.15) is 42.7 Å². The van der Waals surface area contributed by atoms with Crippen LogP contribution in [0.5, 0.6) is 0 Å². The van der Waals surface area contributed by atoms with Crippen LogP contribution in [-0.4, -0.2) is 151 Å². The molecule has 5 aliphatic carbocycles. The normalized spacial score (nSPS) is 58.7. The molecule has 21 atom stereocenters. The molecule has 9 N–H and O–H groups in total. The second kappa shape index (κ2) is 13.2. The van der Waals surface area contributed by atoms with Gasteiger partial charge in [-0.1, -0.05) is 27.7 Å². The van der Waals surface area contributed by atoms with E-state index in [1.165, 1.54) is 0 Å². The second-order valence-electron chi connectivity index (χ2n) is 21.1. The fraction of sp³-hybridized carbons (Fsp3) is 1.00. The number of aliphatic hydroxyl groups excluding tert-OH is 8. The highest BCUT2D eigenvalue weighted by Crippen LogP contribution is 2.89. The van der Waals surface area contributed by atoms with Crippen molar-refractivity contribution in [2.24, 2.45) is 50.7 Å². The van der Waals surface area contributed by atoms with E-state index in [-0.39, 0.29) is 51.9 Å².